The number of carbonyl (C=O) groups is 1. The van der Waals surface area contributed by atoms with Gasteiger partial charge in [0.15, 0.2) is 0 Å². The molecule has 2 aromatic heterocycles. The van der Waals surface area contributed by atoms with Crippen molar-refractivity contribution >= 4 is 27.5 Å². The molecule has 1 saturated heterocycles. The molecule has 30 heavy (non-hydrogen) atoms. The molecule has 1 aliphatic heterocycles. The lowest BCUT2D eigenvalue weighted by Crippen LogP contribution is -2.37. The summed E-state index contributed by atoms with van der Waals surface area (Å²) < 4.78 is 7.31. The van der Waals surface area contributed by atoms with E-state index in [0.29, 0.717) is 28.0 Å². The van der Waals surface area contributed by atoms with E-state index in [9.17, 15) is 14.7 Å². The lowest BCUT2D eigenvalue weighted by molar-refractivity contribution is 0.0701. The van der Waals surface area contributed by atoms with Gasteiger partial charge >= 0.3 is 5.97 Å². The van der Waals surface area contributed by atoms with Crippen LogP contribution in [0.4, 0.5) is 0 Å². The van der Waals surface area contributed by atoms with Gasteiger partial charge in [-0.1, -0.05) is 18.2 Å². The Labute approximate surface area is 178 Å². The minimum absolute atomic E-state index is 0.0443. The van der Waals surface area contributed by atoms with Crippen molar-refractivity contribution in [2.75, 3.05) is 27.2 Å². The van der Waals surface area contributed by atoms with E-state index in [4.69, 9.17) is 9.72 Å². The topological polar surface area (TPSA) is 84.7 Å². The van der Waals surface area contributed by atoms with Gasteiger partial charge in [0, 0.05) is 18.0 Å². The van der Waals surface area contributed by atoms with Crippen molar-refractivity contribution in [2.24, 2.45) is 0 Å². The van der Waals surface area contributed by atoms with Gasteiger partial charge in [-0.3, -0.25) is 9.36 Å². The number of likely N-dealkylation sites (tertiary alicyclic amines) is 1. The van der Waals surface area contributed by atoms with Crippen LogP contribution < -0.4 is 10.3 Å². The average Bonchev–Trinajstić information content (AvgIpc) is 3.06. The number of methoxy groups -OCH3 is 1. The summed E-state index contributed by atoms with van der Waals surface area (Å²) in [5, 5.41) is 9.96. The first kappa shape index (κ1) is 20.6. The number of hydrogen-bond acceptors (Lipinski definition) is 6. The maximum Gasteiger partial charge on any atom is 0.346 e. The van der Waals surface area contributed by atoms with Crippen LogP contribution in [0, 0.1) is 6.92 Å². The third-order valence-electron chi connectivity index (χ3n) is 5.86. The van der Waals surface area contributed by atoms with Crippen molar-refractivity contribution in [3.05, 3.63) is 56.4 Å². The Morgan fingerprint density at radius 1 is 1.30 bits per heavy atom. The standard InChI is InChI=1S/C22H25N3O4S/c1-13-18-20(30-19(13)22(27)28)23-17(12-14-6-4-5-7-16(14)29-3)25(21(18)26)15-8-10-24(2)11-9-15/h4-7,15H,8-12H2,1-3H3,(H,27,28). The van der Waals surface area contributed by atoms with E-state index < -0.39 is 5.97 Å². The van der Waals surface area contributed by atoms with Gasteiger partial charge < -0.3 is 14.7 Å². The number of aryl methyl sites for hydroxylation is 1. The van der Waals surface area contributed by atoms with Crippen molar-refractivity contribution in [3.8, 4) is 5.75 Å². The van der Waals surface area contributed by atoms with Gasteiger partial charge in [0.2, 0.25) is 0 Å². The molecule has 158 valence electrons. The summed E-state index contributed by atoms with van der Waals surface area (Å²) in [6.45, 7) is 3.52. The van der Waals surface area contributed by atoms with Crippen LogP contribution in [0.5, 0.6) is 5.75 Å². The van der Waals surface area contributed by atoms with Gasteiger partial charge in [0.1, 0.15) is 21.3 Å². The zero-order valence-electron chi connectivity index (χ0n) is 17.3. The number of aromatic carboxylic acids is 1. The molecule has 0 amide bonds. The van der Waals surface area contributed by atoms with Gasteiger partial charge in [0.05, 0.1) is 12.5 Å². The molecule has 4 rings (SSSR count). The molecule has 8 heteroatoms. The van der Waals surface area contributed by atoms with Crippen LogP contribution in [0.15, 0.2) is 29.1 Å². The molecule has 1 fully saturated rings. The van der Waals surface area contributed by atoms with Crippen LogP contribution >= 0.6 is 11.3 Å². The second kappa shape index (κ2) is 8.20. The predicted octanol–water partition coefficient (Wildman–Crippen LogP) is 3.33. The number of piperidine rings is 1. The first-order chi connectivity index (χ1) is 14.4. The molecule has 0 radical (unpaired) electrons. The SMILES string of the molecule is COc1ccccc1Cc1nc2sc(C(=O)O)c(C)c2c(=O)n1C1CCN(C)CC1. The van der Waals surface area contributed by atoms with Gasteiger partial charge in [-0.05, 0) is 51.5 Å². The number of benzene rings is 1. The molecular weight excluding hydrogens is 402 g/mol. The van der Waals surface area contributed by atoms with Crippen LogP contribution in [0.2, 0.25) is 0 Å². The number of para-hydroxylation sites is 1. The quantitative estimate of drug-likeness (QED) is 0.672. The summed E-state index contributed by atoms with van der Waals surface area (Å²) >= 11 is 1.07. The van der Waals surface area contributed by atoms with Gasteiger partial charge in [-0.15, -0.1) is 11.3 Å². The third-order valence-corrected chi connectivity index (χ3v) is 7.03. The highest BCUT2D eigenvalue weighted by Crippen LogP contribution is 2.31. The fourth-order valence-electron chi connectivity index (χ4n) is 4.22. The summed E-state index contributed by atoms with van der Waals surface area (Å²) in [7, 11) is 3.71. The second-order valence-electron chi connectivity index (χ2n) is 7.77. The molecule has 7 nitrogen and oxygen atoms in total. The number of rotatable bonds is 5. The molecule has 0 saturated carbocycles. The van der Waals surface area contributed by atoms with Crippen molar-refractivity contribution in [1.82, 2.24) is 14.5 Å². The number of aromatic nitrogens is 2. The zero-order chi connectivity index (χ0) is 21.4. The molecule has 3 aromatic rings. The van der Waals surface area contributed by atoms with E-state index in [1.54, 1.807) is 14.0 Å². The monoisotopic (exact) mass is 427 g/mol. The van der Waals surface area contributed by atoms with Crippen LogP contribution in [0.25, 0.3) is 10.2 Å². The van der Waals surface area contributed by atoms with E-state index in [1.807, 2.05) is 28.8 Å². The van der Waals surface area contributed by atoms with Gasteiger partial charge in [0.25, 0.3) is 5.56 Å². The highest BCUT2D eigenvalue weighted by atomic mass is 32.1. The number of fused-ring (bicyclic) bond motifs is 1. The van der Waals surface area contributed by atoms with Crippen LogP contribution in [0.1, 0.15) is 45.5 Å². The van der Waals surface area contributed by atoms with Crippen molar-refractivity contribution in [1.29, 1.82) is 0 Å². The largest absolute Gasteiger partial charge is 0.496 e. The molecule has 1 aromatic carbocycles. The van der Waals surface area contributed by atoms with Gasteiger partial charge in [-0.2, -0.15) is 0 Å². The summed E-state index contributed by atoms with van der Waals surface area (Å²) in [5.41, 5.74) is 1.31. The van der Waals surface area contributed by atoms with Gasteiger partial charge in [-0.25, -0.2) is 9.78 Å². The number of nitrogens with zero attached hydrogens (tertiary/aromatic N) is 3. The highest BCUT2D eigenvalue weighted by molar-refractivity contribution is 7.20. The number of carboxylic acid groups (broad SMARTS) is 1. The Bertz CT molecular complexity index is 1160. The number of carboxylic acids is 1. The lowest BCUT2D eigenvalue weighted by Gasteiger charge is -2.31. The smallest absolute Gasteiger partial charge is 0.346 e. The predicted molar refractivity (Wildman–Crippen MR) is 117 cm³/mol. The minimum atomic E-state index is -1.02. The maximum atomic E-state index is 13.6. The number of hydrogen-bond donors (Lipinski definition) is 1. The third kappa shape index (κ3) is 3.61. The van der Waals surface area contributed by atoms with E-state index in [2.05, 4.69) is 11.9 Å². The van der Waals surface area contributed by atoms with Crippen molar-refractivity contribution in [2.45, 2.75) is 32.2 Å². The molecule has 1 aliphatic rings. The van der Waals surface area contributed by atoms with Crippen molar-refractivity contribution < 1.29 is 14.6 Å². The molecule has 0 bridgehead atoms. The highest BCUT2D eigenvalue weighted by Gasteiger charge is 2.27. The Kier molecular flexibility index (Phi) is 5.62. The minimum Gasteiger partial charge on any atom is -0.496 e. The number of ether oxygens (including phenoxy) is 1. The fourth-order valence-corrected chi connectivity index (χ4v) is 5.24. The Morgan fingerprint density at radius 3 is 2.67 bits per heavy atom. The average molecular weight is 428 g/mol. The fraction of sp³-hybridized carbons (Fsp3) is 0.409. The molecule has 0 unspecified atom stereocenters. The van der Waals surface area contributed by atoms with E-state index >= 15 is 0 Å². The molecule has 3 heterocycles. The van der Waals surface area contributed by atoms with Crippen molar-refractivity contribution in [3.63, 3.8) is 0 Å². The summed E-state index contributed by atoms with van der Waals surface area (Å²) in [6.07, 6.45) is 2.16. The maximum absolute atomic E-state index is 13.6. The summed E-state index contributed by atoms with van der Waals surface area (Å²) in [4.78, 5) is 33.0. The van der Waals surface area contributed by atoms with Crippen LogP contribution in [-0.4, -0.2) is 52.8 Å². The van der Waals surface area contributed by atoms with Crippen LogP contribution in [-0.2, 0) is 6.42 Å². The summed E-state index contributed by atoms with van der Waals surface area (Å²) in [5.74, 6) is 0.382. The van der Waals surface area contributed by atoms with E-state index in [1.165, 1.54) is 0 Å². The normalized spacial score (nSPS) is 15.6. The molecule has 0 spiro atoms. The van der Waals surface area contributed by atoms with E-state index in [0.717, 1.165) is 48.6 Å². The Balaban J connectivity index is 1.91. The second-order valence-corrected chi connectivity index (χ2v) is 8.77. The van der Waals surface area contributed by atoms with Crippen LogP contribution in [0.3, 0.4) is 0 Å². The number of thiophene rings is 1. The molecular formula is C22H25N3O4S. The first-order valence-electron chi connectivity index (χ1n) is 9.99. The lowest BCUT2D eigenvalue weighted by atomic mass is 10.0. The Hall–Kier alpha value is -2.71. The van der Waals surface area contributed by atoms with E-state index in [-0.39, 0.29) is 16.5 Å². The molecule has 0 aliphatic carbocycles. The Morgan fingerprint density at radius 2 is 2.00 bits per heavy atom. The molecule has 1 N–H and O–H groups in total. The first-order valence-corrected chi connectivity index (χ1v) is 10.8. The molecule has 0 atom stereocenters. The summed E-state index contributed by atoms with van der Waals surface area (Å²) in [6, 6.07) is 7.75. The zero-order valence-corrected chi connectivity index (χ0v) is 18.2.